The largest absolute Gasteiger partial charge is 0.309 e. The predicted octanol–water partition coefficient (Wildman–Crippen LogP) is 29.0. The van der Waals surface area contributed by atoms with Gasteiger partial charge in [0, 0.05) is 99.2 Å². The number of para-hydroxylation sites is 6. The summed E-state index contributed by atoms with van der Waals surface area (Å²) < 4.78 is 9.53. The third-order valence-electron chi connectivity index (χ3n) is 23.9. The highest BCUT2D eigenvalue weighted by atomic mass is 15.0. The van der Waals surface area contributed by atoms with E-state index in [2.05, 4.69) is 419 Å². The Morgan fingerprint density at radius 2 is 0.450 bits per heavy atom. The quantitative estimate of drug-likeness (QED) is 0.122. The van der Waals surface area contributed by atoms with Crippen LogP contribution in [0.2, 0.25) is 0 Å². The Kier molecular flexibility index (Phi) is 16.7. The van der Waals surface area contributed by atoms with Crippen molar-refractivity contribution in [2.24, 2.45) is 0 Å². The van der Waals surface area contributed by atoms with Crippen molar-refractivity contribution in [3.8, 4) is 113 Å². The third-order valence-corrected chi connectivity index (χ3v) is 23.9. The van der Waals surface area contributed by atoms with Gasteiger partial charge in [0.05, 0.1) is 66.9 Å². The molecule has 120 heavy (non-hydrogen) atoms. The van der Waals surface area contributed by atoms with E-state index in [-0.39, 0.29) is 0 Å². The summed E-state index contributed by atoms with van der Waals surface area (Å²) in [5.41, 5.74) is 28.5. The van der Waals surface area contributed by atoms with Gasteiger partial charge >= 0.3 is 0 Å². The van der Waals surface area contributed by atoms with Crippen LogP contribution in [0.3, 0.4) is 0 Å². The van der Waals surface area contributed by atoms with Crippen LogP contribution in [0.4, 0.5) is 0 Å². The second kappa shape index (κ2) is 29.0. The van der Waals surface area contributed by atoms with Gasteiger partial charge in [-0.3, -0.25) is 0 Å². The first-order valence-corrected chi connectivity index (χ1v) is 40.8. The normalized spacial score (nSPS) is 11.7. The summed E-state index contributed by atoms with van der Waals surface area (Å²) in [6, 6.07) is 156. The maximum absolute atomic E-state index is 5.14. The minimum atomic E-state index is 0.707. The van der Waals surface area contributed by atoms with E-state index in [1.54, 1.807) is 0 Å². The lowest BCUT2D eigenvalue weighted by atomic mass is 10.0. The highest BCUT2D eigenvalue weighted by molar-refractivity contribution is 6.15. The Morgan fingerprint density at radius 3 is 0.925 bits per heavy atom. The first kappa shape index (κ1) is 69.4. The highest BCUT2D eigenvalue weighted by Gasteiger charge is 2.22. The van der Waals surface area contributed by atoms with Gasteiger partial charge in [0.15, 0.2) is 11.6 Å². The van der Waals surface area contributed by atoms with Crippen molar-refractivity contribution in [1.29, 1.82) is 0 Å². The Hall–Kier alpha value is -16.2. The fraction of sp³-hybridized carbons (Fsp3) is 0. The molecule has 0 saturated heterocycles. The predicted molar refractivity (Wildman–Crippen MR) is 500 cm³/mol. The van der Waals surface area contributed by atoms with Gasteiger partial charge < -0.3 is 18.3 Å². The summed E-state index contributed by atoms with van der Waals surface area (Å²) in [7, 11) is 0. The van der Waals surface area contributed by atoms with Gasteiger partial charge in [0.25, 0.3) is 0 Å². The van der Waals surface area contributed by atoms with Crippen LogP contribution in [-0.2, 0) is 0 Å². The van der Waals surface area contributed by atoms with Crippen molar-refractivity contribution in [3.63, 3.8) is 0 Å². The molecule has 8 heteroatoms. The molecule has 0 unspecified atom stereocenters. The Labute approximate surface area is 692 Å². The molecule has 0 radical (unpaired) electrons. The molecule has 0 spiro atoms. The van der Waals surface area contributed by atoms with E-state index in [0.717, 1.165) is 78.9 Å². The second-order valence-electron chi connectivity index (χ2n) is 30.8. The van der Waals surface area contributed by atoms with E-state index in [4.69, 9.17) is 19.9 Å². The van der Waals surface area contributed by atoms with Crippen LogP contribution in [0.1, 0.15) is 0 Å². The number of fused-ring (bicyclic) bond motifs is 14. The van der Waals surface area contributed by atoms with Crippen LogP contribution in [0.5, 0.6) is 0 Å². The van der Waals surface area contributed by atoms with Gasteiger partial charge in [-0.1, -0.05) is 309 Å². The average Bonchev–Trinajstić information content (AvgIpc) is 1.59. The minimum absolute atomic E-state index is 0.707. The second-order valence-corrected chi connectivity index (χ2v) is 30.8. The molecule has 18 aromatic carbocycles. The van der Waals surface area contributed by atoms with Crippen LogP contribution in [0.25, 0.3) is 222 Å². The topological polar surface area (TPSA) is 71.3 Å². The van der Waals surface area contributed by atoms with E-state index in [9.17, 15) is 0 Å². The number of hydrogen-bond donors (Lipinski definition) is 0. The fourth-order valence-electron chi connectivity index (χ4n) is 18.1. The van der Waals surface area contributed by atoms with Gasteiger partial charge in [-0.2, -0.15) is 0 Å². The molecule has 0 aliphatic heterocycles. The average molecular weight is 1530 g/mol. The van der Waals surface area contributed by atoms with Gasteiger partial charge in [-0.15, -0.1) is 0 Å². The molecule has 0 atom stereocenters. The molecule has 24 rings (SSSR count). The monoisotopic (exact) mass is 1530 g/mol. The number of hydrogen-bond acceptors (Lipinski definition) is 4. The van der Waals surface area contributed by atoms with Crippen LogP contribution in [0.15, 0.2) is 437 Å². The Balaban J connectivity index is 0.000000140. The Bertz CT molecular complexity index is 8110. The summed E-state index contributed by atoms with van der Waals surface area (Å²) in [5.74, 6) is 1.42. The number of rotatable bonds is 12. The number of aromatic nitrogens is 8. The van der Waals surface area contributed by atoms with Crippen LogP contribution < -0.4 is 0 Å². The molecule has 0 fully saturated rings. The number of benzene rings is 18. The molecular weight excluding hydrogens is 1460 g/mol. The molecule has 0 saturated carbocycles. The zero-order valence-electron chi connectivity index (χ0n) is 65.1. The van der Waals surface area contributed by atoms with E-state index in [0.29, 0.717) is 11.6 Å². The number of nitrogens with zero attached hydrogens (tertiary/aromatic N) is 8. The molecule has 0 amide bonds. The van der Waals surface area contributed by atoms with E-state index >= 15 is 0 Å². The van der Waals surface area contributed by atoms with E-state index in [1.807, 2.05) is 36.4 Å². The molecule has 6 aromatic heterocycles. The van der Waals surface area contributed by atoms with E-state index in [1.165, 1.54) is 131 Å². The van der Waals surface area contributed by atoms with Gasteiger partial charge in [0.1, 0.15) is 0 Å². The Morgan fingerprint density at radius 1 is 0.142 bits per heavy atom. The molecule has 560 valence electrons. The van der Waals surface area contributed by atoms with Crippen LogP contribution in [-0.4, -0.2) is 38.2 Å². The van der Waals surface area contributed by atoms with Crippen LogP contribution in [0, 0.1) is 0 Å². The highest BCUT2D eigenvalue weighted by Crippen LogP contribution is 2.43. The third kappa shape index (κ3) is 12.1. The summed E-state index contributed by atoms with van der Waals surface area (Å²) in [6.07, 6.45) is 0. The maximum atomic E-state index is 5.14. The summed E-state index contributed by atoms with van der Waals surface area (Å²) in [5, 5.41) is 14.7. The molecule has 0 aliphatic rings. The first-order valence-electron chi connectivity index (χ1n) is 40.8. The standard InChI is InChI=1S/2C56H36N4/c1-3-15-39(16-4-1)56-57-50(36-51(58-56)45-23-13-17-37-14-7-8-20-44(37)45)38-26-30-43(31-27-38)59-53-25-12-10-22-47(53)49-34-40(29-33-54(49)59)41-28-32-48-46-21-9-11-24-52(46)60(55(48)35-41)42-18-5-2-6-19-42;1-3-14-39(15-4-1)56-57-50(36-51(58-56)43-24-23-37-13-7-8-16-40(37)33-43)38-25-29-45(30-26-38)59-53-22-12-10-20-47(53)49-34-41(28-32-54(49)59)42-27-31-48-46-19-9-11-21-52(46)60(55(48)35-42)44-17-5-2-6-18-44/h2*1-36H. The van der Waals surface area contributed by atoms with E-state index < -0.39 is 0 Å². The zero-order valence-corrected chi connectivity index (χ0v) is 65.1. The molecular formula is C112H72N8. The lowest BCUT2D eigenvalue weighted by Gasteiger charge is -2.12. The summed E-state index contributed by atoms with van der Waals surface area (Å²) >= 11 is 0. The van der Waals surface area contributed by atoms with Gasteiger partial charge in [-0.25, -0.2) is 19.9 Å². The zero-order chi connectivity index (χ0) is 79.1. The maximum Gasteiger partial charge on any atom is 0.160 e. The fourth-order valence-corrected chi connectivity index (χ4v) is 18.1. The van der Waals surface area contributed by atoms with Crippen LogP contribution >= 0.6 is 0 Å². The first-order chi connectivity index (χ1) is 59.5. The SMILES string of the molecule is c1ccc(-c2nc(-c3ccc(-n4c5ccccc5c5cc(-c6ccc7c8ccccc8n(-c8ccccc8)c7c6)ccc54)cc3)cc(-c3ccc4ccccc4c3)n2)cc1.c1ccc(-c2nc(-c3ccc(-n4c5ccccc5c5cc(-c6ccc7c8ccccc8n(-c8ccccc8)c7c6)ccc54)cc3)cc(-c3cccc4ccccc34)n2)cc1. The molecule has 0 aliphatic carbocycles. The van der Waals surface area contributed by atoms with Crippen molar-refractivity contribution in [1.82, 2.24) is 38.2 Å². The lowest BCUT2D eigenvalue weighted by molar-refractivity contribution is 1.17. The summed E-state index contributed by atoms with van der Waals surface area (Å²) in [6.45, 7) is 0. The van der Waals surface area contributed by atoms with Gasteiger partial charge in [0.2, 0.25) is 0 Å². The molecule has 0 N–H and O–H groups in total. The molecule has 6 heterocycles. The molecule has 8 nitrogen and oxygen atoms in total. The molecule has 24 aromatic rings. The summed E-state index contributed by atoms with van der Waals surface area (Å²) in [4.78, 5) is 20.5. The molecule has 0 bridgehead atoms. The smallest absolute Gasteiger partial charge is 0.160 e. The van der Waals surface area contributed by atoms with Crippen molar-refractivity contribution in [2.45, 2.75) is 0 Å². The minimum Gasteiger partial charge on any atom is -0.309 e. The van der Waals surface area contributed by atoms with Gasteiger partial charge in [-0.05, 0) is 171 Å². The van der Waals surface area contributed by atoms with Crippen molar-refractivity contribution < 1.29 is 0 Å². The lowest BCUT2D eigenvalue weighted by Crippen LogP contribution is -1.97. The van der Waals surface area contributed by atoms with Crippen molar-refractivity contribution in [3.05, 3.63) is 437 Å². The van der Waals surface area contributed by atoms with Crippen molar-refractivity contribution in [2.75, 3.05) is 0 Å². The van der Waals surface area contributed by atoms with Crippen molar-refractivity contribution >= 4 is 109 Å².